The van der Waals surface area contributed by atoms with Crippen LogP contribution in [0.2, 0.25) is 0 Å². The van der Waals surface area contributed by atoms with Gasteiger partial charge in [-0.3, -0.25) is 4.79 Å². The molecule has 17 heavy (non-hydrogen) atoms. The molecule has 3 rings (SSSR count). The number of fused-ring (bicyclic) bond motifs is 1. The van der Waals surface area contributed by atoms with E-state index in [9.17, 15) is 9.90 Å². The number of carbonyl (C=O) groups excluding carboxylic acids is 1. The highest BCUT2D eigenvalue weighted by atomic mass is 16.4. The minimum atomic E-state index is 0.0902. The second kappa shape index (κ2) is 3.52. The van der Waals surface area contributed by atoms with Gasteiger partial charge in [-0.05, 0) is 30.3 Å². The van der Waals surface area contributed by atoms with Crippen molar-refractivity contribution in [1.82, 2.24) is 0 Å². The maximum Gasteiger partial charge on any atom is 0.181 e. The Morgan fingerprint density at radius 3 is 2.82 bits per heavy atom. The molecule has 4 nitrogen and oxygen atoms in total. The van der Waals surface area contributed by atoms with Crippen molar-refractivity contribution in [3.8, 4) is 17.3 Å². The van der Waals surface area contributed by atoms with Crippen molar-refractivity contribution in [2.75, 3.05) is 0 Å². The van der Waals surface area contributed by atoms with Gasteiger partial charge in [-0.15, -0.1) is 0 Å². The van der Waals surface area contributed by atoms with Gasteiger partial charge in [0.05, 0.1) is 11.8 Å². The molecular weight excluding hydrogens is 220 g/mol. The molecular formula is C13H8O4. The second-order valence-electron chi connectivity index (χ2n) is 3.62. The van der Waals surface area contributed by atoms with Gasteiger partial charge in [-0.2, -0.15) is 0 Å². The van der Waals surface area contributed by atoms with Crippen LogP contribution in [0.3, 0.4) is 0 Å². The maximum absolute atomic E-state index is 11.1. The fourth-order valence-corrected chi connectivity index (χ4v) is 1.81. The van der Waals surface area contributed by atoms with Gasteiger partial charge in [0.25, 0.3) is 0 Å². The Kier molecular flexibility index (Phi) is 2.01. The molecule has 0 amide bonds. The van der Waals surface area contributed by atoms with Gasteiger partial charge in [-0.1, -0.05) is 0 Å². The molecule has 0 atom stereocenters. The molecule has 0 aliphatic rings. The van der Waals surface area contributed by atoms with Crippen LogP contribution in [0.25, 0.3) is 22.5 Å². The Hall–Kier alpha value is -2.49. The minimum Gasteiger partial charge on any atom is -0.508 e. The fraction of sp³-hybridized carbons (Fsp3) is 0. The summed E-state index contributed by atoms with van der Waals surface area (Å²) in [5.41, 5.74) is 0.919. The molecule has 0 saturated heterocycles. The number of aromatic hydroxyl groups is 1. The molecule has 0 spiro atoms. The zero-order chi connectivity index (χ0) is 11.8. The smallest absolute Gasteiger partial charge is 0.181 e. The highest BCUT2D eigenvalue weighted by Gasteiger charge is 2.17. The van der Waals surface area contributed by atoms with Crippen LogP contribution in [0, 0.1) is 0 Å². The fourth-order valence-electron chi connectivity index (χ4n) is 1.81. The number of carbonyl (C=O) groups is 1. The van der Waals surface area contributed by atoms with Gasteiger partial charge in [0.15, 0.2) is 17.8 Å². The van der Waals surface area contributed by atoms with E-state index in [0.29, 0.717) is 34.3 Å². The number of hydrogen-bond donors (Lipinski definition) is 1. The van der Waals surface area contributed by atoms with Gasteiger partial charge < -0.3 is 13.9 Å². The second-order valence-corrected chi connectivity index (χ2v) is 3.62. The summed E-state index contributed by atoms with van der Waals surface area (Å²) in [4.78, 5) is 11.1. The largest absolute Gasteiger partial charge is 0.508 e. The molecule has 3 aromatic rings. The average molecular weight is 228 g/mol. The van der Waals surface area contributed by atoms with Crippen LogP contribution >= 0.6 is 0 Å². The van der Waals surface area contributed by atoms with E-state index in [4.69, 9.17) is 8.83 Å². The van der Waals surface area contributed by atoms with E-state index in [0.717, 1.165) is 0 Å². The van der Waals surface area contributed by atoms with Crippen LogP contribution in [0.5, 0.6) is 5.75 Å². The Balaban J connectivity index is 2.36. The van der Waals surface area contributed by atoms with E-state index in [1.54, 1.807) is 18.2 Å². The molecule has 1 aromatic carbocycles. The van der Waals surface area contributed by atoms with E-state index >= 15 is 0 Å². The summed E-state index contributed by atoms with van der Waals surface area (Å²) in [6, 6.07) is 8.05. The topological polar surface area (TPSA) is 63.6 Å². The van der Waals surface area contributed by atoms with E-state index in [1.807, 2.05) is 0 Å². The number of rotatable bonds is 2. The van der Waals surface area contributed by atoms with Gasteiger partial charge in [-0.25, -0.2) is 0 Å². The lowest BCUT2D eigenvalue weighted by atomic mass is 10.1. The molecule has 2 aromatic heterocycles. The molecule has 0 fully saturated rings. The summed E-state index contributed by atoms with van der Waals surface area (Å²) in [5, 5.41) is 9.98. The first-order chi connectivity index (χ1) is 8.29. The zero-order valence-corrected chi connectivity index (χ0v) is 8.71. The molecule has 0 saturated carbocycles. The third-order valence-corrected chi connectivity index (χ3v) is 2.57. The van der Waals surface area contributed by atoms with Crippen LogP contribution in [-0.2, 0) is 0 Å². The molecule has 2 heterocycles. The average Bonchev–Trinajstić information content (AvgIpc) is 2.94. The molecule has 0 aliphatic carbocycles. The molecule has 0 unspecified atom stereocenters. The molecule has 1 N–H and O–H groups in total. The van der Waals surface area contributed by atoms with Crippen molar-refractivity contribution in [2.24, 2.45) is 0 Å². The maximum atomic E-state index is 11.1. The quantitative estimate of drug-likeness (QED) is 0.684. The first-order valence-electron chi connectivity index (χ1n) is 5.04. The van der Waals surface area contributed by atoms with E-state index in [2.05, 4.69) is 0 Å². The molecule has 4 heteroatoms. The number of furan rings is 2. The number of hydrogen-bond acceptors (Lipinski definition) is 4. The van der Waals surface area contributed by atoms with E-state index in [1.165, 1.54) is 18.4 Å². The number of phenolic OH excluding ortho intramolecular Hbond substituents is 1. The summed E-state index contributed by atoms with van der Waals surface area (Å²) in [6.07, 6.45) is 2.21. The third-order valence-electron chi connectivity index (χ3n) is 2.57. The Bertz CT molecular complexity index is 677. The first-order valence-corrected chi connectivity index (χ1v) is 5.04. The van der Waals surface area contributed by atoms with Crippen molar-refractivity contribution < 1.29 is 18.7 Å². The van der Waals surface area contributed by atoms with E-state index in [-0.39, 0.29) is 5.75 Å². The number of benzene rings is 1. The lowest BCUT2D eigenvalue weighted by Crippen LogP contribution is -1.80. The van der Waals surface area contributed by atoms with Crippen molar-refractivity contribution in [1.29, 1.82) is 0 Å². The van der Waals surface area contributed by atoms with Crippen LogP contribution in [0.15, 0.2) is 45.4 Å². The van der Waals surface area contributed by atoms with Gasteiger partial charge in [0.1, 0.15) is 11.3 Å². The van der Waals surface area contributed by atoms with Gasteiger partial charge in [0.2, 0.25) is 0 Å². The van der Waals surface area contributed by atoms with Crippen LogP contribution in [0.4, 0.5) is 0 Å². The van der Waals surface area contributed by atoms with Crippen molar-refractivity contribution >= 4 is 17.3 Å². The third kappa shape index (κ3) is 1.42. The highest BCUT2D eigenvalue weighted by Crippen LogP contribution is 2.34. The first kappa shape index (κ1) is 9.72. The van der Waals surface area contributed by atoms with E-state index < -0.39 is 0 Å². The van der Waals surface area contributed by atoms with Gasteiger partial charge in [0, 0.05) is 5.39 Å². The summed E-state index contributed by atoms with van der Waals surface area (Å²) in [5.74, 6) is 0.959. The van der Waals surface area contributed by atoms with Crippen LogP contribution in [-0.4, -0.2) is 11.4 Å². The Morgan fingerprint density at radius 1 is 1.24 bits per heavy atom. The zero-order valence-electron chi connectivity index (χ0n) is 8.71. The monoisotopic (exact) mass is 228 g/mol. The molecule has 0 aliphatic heterocycles. The summed E-state index contributed by atoms with van der Waals surface area (Å²) in [6.45, 7) is 0. The highest BCUT2D eigenvalue weighted by molar-refractivity contribution is 6.02. The lowest BCUT2D eigenvalue weighted by Gasteiger charge is -1.91. The Morgan fingerprint density at radius 2 is 2.12 bits per heavy atom. The Labute approximate surface area is 96.1 Å². The normalized spacial score (nSPS) is 10.8. The SMILES string of the molecule is O=Cc1c(-c2ccco2)oc2ccc(O)cc12. The van der Waals surface area contributed by atoms with Gasteiger partial charge >= 0.3 is 0 Å². The summed E-state index contributed by atoms with van der Waals surface area (Å²) >= 11 is 0. The summed E-state index contributed by atoms with van der Waals surface area (Å²) in [7, 11) is 0. The molecule has 0 radical (unpaired) electrons. The van der Waals surface area contributed by atoms with Crippen molar-refractivity contribution in [3.63, 3.8) is 0 Å². The summed E-state index contributed by atoms with van der Waals surface area (Å²) < 4.78 is 10.8. The minimum absolute atomic E-state index is 0.0902. The van der Waals surface area contributed by atoms with Crippen LogP contribution < -0.4 is 0 Å². The molecule has 0 bridgehead atoms. The predicted molar refractivity (Wildman–Crippen MR) is 61.0 cm³/mol. The number of aldehydes is 1. The molecule has 84 valence electrons. The van der Waals surface area contributed by atoms with Crippen molar-refractivity contribution in [2.45, 2.75) is 0 Å². The standard InChI is InChI=1S/C13H8O4/c14-7-10-9-6-8(15)3-4-11(9)17-13(10)12-2-1-5-16-12/h1-7,15H. The van der Waals surface area contributed by atoms with Crippen molar-refractivity contribution in [3.05, 3.63) is 42.2 Å². The predicted octanol–water partition coefficient (Wildman–Crippen LogP) is 3.21. The van der Waals surface area contributed by atoms with Crippen LogP contribution in [0.1, 0.15) is 10.4 Å². The lowest BCUT2D eigenvalue weighted by molar-refractivity contribution is 0.112. The number of phenols is 1.